The first-order valence-corrected chi connectivity index (χ1v) is 3.92. The van der Waals surface area contributed by atoms with Gasteiger partial charge in [-0.3, -0.25) is 0 Å². The predicted octanol–water partition coefficient (Wildman–Crippen LogP) is 2.08. The minimum atomic E-state index is -4.56. The van der Waals surface area contributed by atoms with E-state index in [-0.39, 0.29) is 5.00 Å². The first kappa shape index (κ1) is 9.80. The number of nitrogens with zero attached hydrogens (tertiary/aromatic N) is 2. The van der Waals surface area contributed by atoms with Gasteiger partial charge in [-0.15, -0.1) is 0 Å². The fourth-order valence-electron chi connectivity index (χ4n) is 0.758. The normalized spacial score (nSPS) is 11.0. The van der Waals surface area contributed by atoms with E-state index in [0.29, 0.717) is 11.5 Å². The molecule has 0 atom stereocenters. The standard InChI is InChI=1S/C6H4F3N3S/c1-11-5-3(2-10)4(12-13-5)6(7,8)9/h11H,1H3. The van der Waals surface area contributed by atoms with Crippen LogP contribution in [0.5, 0.6) is 0 Å². The third-order valence-corrected chi connectivity index (χ3v) is 2.16. The van der Waals surface area contributed by atoms with Crippen LogP contribution in [0.1, 0.15) is 11.3 Å². The molecule has 0 amide bonds. The number of aromatic nitrogens is 1. The maximum Gasteiger partial charge on any atom is 0.435 e. The largest absolute Gasteiger partial charge is 0.435 e. The third-order valence-electron chi connectivity index (χ3n) is 1.30. The third kappa shape index (κ3) is 1.72. The average molecular weight is 207 g/mol. The Morgan fingerprint density at radius 1 is 1.54 bits per heavy atom. The Hall–Kier alpha value is -1.29. The predicted molar refractivity (Wildman–Crippen MR) is 41.4 cm³/mol. The van der Waals surface area contributed by atoms with Gasteiger partial charge >= 0.3 is 6.18 Å². The van der Waals surface area contributed by atoms with Crippen molar-refractivity contribution in [3.63, 3.8) is 0 Å². The average Bonchev–Trinajstić information content (AvgIpc) is 2.45. The van der Waals surface area contributed by atoms with E-state index in [4.69, 9.17) is 5.26 Å². The maximum atomic E-state index is 12.2. The van der Waals surface area contributed by atoms with Gasteiger partial charge in [0.2, 0.25) is 0 Å². The number of alkyl halides is 3. The second-order valence-corrected chi connectivity index (χ2v) is 2.87. The number of hydrogen-bond donors (Lipinski definition) is 1. The summed E-state index contributed by atoms with van der Waals surface area (Å²) >= 11 is 0.624. The Labute approximate surface area is 76.0 Å². The van der Waals surface area contributed by atoms with Gasteiger partial charge in [0.15, 0.2) is 5.69 Å². The van der Waals surface area contributed by atoms with Crippen molar-refractivity contribution in [2.24, 2.45) is 0 Å². The van der Waals surface area contributed by atoms with Gasteiger partial charge in [0.1, 0.15) is 16.6 Å². The molecule has 1 aromatic heterocycles. The highest BCUT2D eigenvalue weighted by Gasteiger charge is 2.38. The monoisotopic (exact) mass is 207 g/mol. The number of hydrogen-bond acceptors (Lipinski definition) is 4. The molecular weight excluding hydrogens is 203 g/mol. The van der Waals surface area contributed by atoms with Gasteiger partial charge in [-0.2, -0.15) is 22.8 Å². The summed E-state index contributed by atoms with van der Waals surface area (Å²) in [7, 11) is 1.44. The number of halogens is 3. The van der Waals surface area contributed by atoms with Crippen LogP contribution in [0.15, 0.2) is 0 Å². The minimum Gasteiger partial charge on any atom is -0.378 e. The summed E-state index contributed by atoms with van der Waals surface area (Å²) < 4.78 is 39.6. The molecule has 0 unspecified atom stereocenters. The molecular formula is C6H4F3N3S. The van der Waals surface area contributed by atoms with Crippen LogP contribution in [0.3, 0.4) is 0 Å². The molecule has 0 spiro atoms. The van der Waals surface area contributed by atoms with Gasteiger partial charge in [0, 0.05) is 7.05 Å². The van der Waals surface area contributed by atoms with E-state index in [0.717, 1.165) is 0 Å². The number of anilines is 1. The van der Waals surface area contributed by atoms with Crippen molar-refractivity contribution in [1.29, 1.82) is 5.26 Å². The molecule has 13 heavy (non-hydrogen) atoms. The summed E-state index contributed by atoms with van der Waals surface area (Å²) in [5.74, 6) is 0. The lowest BCUT2D eigenvalue weighted by atomic mass is 10.2. The van der Waals surface area contributed by atoms with Gasteiger partial charge in [-0.25, -0.2) is 0 Å². The summed E-state index contributed by atoms with van der Waals surface area (Å²) in [6.45, 7) is 0. The zero-order valence-corrected chi connectivity index (χ0v) is 7.25. The van der Waals surface area contributed by atoms with Crippen molar-refractivity contribution in [1.82, 2.24) is 4.37 Å². The Bertz CT molecular complexity index is 349. The quantitative estimate of drug-likeness (QED) is 0.766. The van der Waals surface area contributed by atoms with E-state index in [9.17, 15) is 13.2 Å². The minimum absolute atomic E-state index is 0.134. The molecule has 1 aromatic rings. The van der Waals surface area contributed by atoms with Gasteiger partial charge in [0.25, 0.3) is 0 Å². The summed E-state index contributed by atoms with van der Waals surface area (Å²) in [5.41, 5.74) is -1.57. The summed E-state index contributed by atoms with van der Waals surface area (Å²) in [6, 6.07) is 1.47. The molecule has 0 bridgehead atoms. The van der Waals surface area contributed by atoms with E-state index >= 15 is 0 Å². The molecule has 1 N–H and O–H groups in total. The highest BCUT2D eigenvalue weighted by Crippen LogP contribution is 2.35. The molecule has 7 heteroatoms. The van der Waals surface area contributed by atoms with E-state index in [2.05, 4.69) is 9.69 Å². The number of rotatable bonds is 1. The molecule has 1 rings (SSSR count). The molecule has 0 aromatic carbocycles. The van der Waals surface area contributed by atoms with Crippen LogP contribution < -0.4 is 5.32 Å². The SMILES string of the molecule is CNc1snc(C(F)(F)F)c1C#N. The van der Waals surface area contributed by atoms with Crippen LogP contribution in [0.25, 0.3) is 0 Å². The molecule has 70 valence electrons. The molecule has 0 aliphatic heterocycles. The first-order chi connectivity index (χ1) is 6.00. The highest BCUT2D eigenvalue weighted by molar-refractivity contribution is 7.10. The van der Waals surface area contributed by atoms with Crippen molar-refractivity contribution < 1.29 is 13.2 Å². The van der Waals surface area contributed by atoms with E-state index < -0.39 is 17.4 Å². The van der Waals surface area contributed by atoms with Crippen LogP contribution in [0, 0.1) is 11.3 Å². The van der Waals surface area contributed by atoms with Gasteiger partial charge in [-0.05, 0) is 11.5 Å². The van der Waals surface area contributed by atoms with Crippen molar-refractivity contribution in [2.75, 3.05) is 12.4 Å². The van der Waals surface area contributed by atoms with E-state index in [1.807, 2.05) is 0 Å². The zero-order chi connectivity index (χ0) is 10.1. The molecule has 3 nitrogen and oxygen atoms in total. The maximum absolute atomic E-state index is 12.2. The van der Waals surface area contributed by atoms with Crippen molar-refractivity contribution >= 4 is 16.5 Å². The van der Waals surface area contributed by atoms with Gasteiger partial charge in [-0.1, -0.05) is 0 Å². The second-order valence-electron chi connectivity index (χ2n) is 2.09. The Morgan fingerprint density at radius 3 is 2.54 bits per heavy atom. The van der Waals surface area contributed by atoms with E-state index in [1.165, 1.54) is 13.1 Å². The topological polar surface area (TPSA) is 48.7 Å². The molecule has 0 fully saturated rings. The van der Waals surface area contributed by atoms with Crippen molar-refractivity contribution in [3.05, 3.63) is 11.3 Å². The lowest BCUT2D eigenvalue weighted by Gasteiger charge is -2.01. The lowest BCUT2D eigenvalue weighted by Crippen LogP contribution is -2.07. The molecule has 0 aliphatic rings. The Balaban J connectivity index is 3.26. The smallest absolute Gasteiger partial charge is 0.378 e. The molecule has 0 saturated carbocycles. The fourth-order valence-corrected chi connectivity index (χ4v) is 1.46. The van der Waals surface area contributed by atoms with Crippen LogP contribution in [0.4, 0.5) is 18.2 Å². The molecule has 1 heterocycles. The van der Waals surface area contributed by atoms with Crippen molar-refractivity contribution in [3.8, 4) is 6.07 Å². The number of nitriles is 1. The first-order valence-electron chi connectivity index (χ1n) is 3.15. The lowest BCUT2D eigenvalue weighted by molar-refractivity contribution is -0.140. The second kappa shape index (κ2) is 3.22. The van der Waals surface area contributed by atoms with Crippen LogP contribution in [0.2, 0.25) is 0 Å². The van der Waals surface area contributed by atoms with Crippen LogP contribution in [-0.2, 0) is 6.18 Å². The van der Waals surface area contributed by atoms with Crippen LogP contribution >= 0.6 is 11.5 Å². The zero-order valence-electron chi connectivity index (χ0n) is 6.44. The van der Waals surface area contributed by atoms with E-state index in [1.54, 1.807) is 0 Å². The molecule has 0 radical (unpaired) electrons. The summed E-state index contributed by atoms with van der Waals surface area (Å²) in [5, 5.41) is 11.1. The Morgan fingerprint density at radius 2 is 2.15 bits per heavy atom. The fraction of sp³-hybridized carbons (Fsp3) is 0.333. The number of nitrogens with one attached hydrogen (secondary N) is 1. The Kier molecular flexibility index (Phi) is 2.43. The van der Waals surface area contributed by atoms with Gasteiger partial charge in [0.05, 0.1) is 0 Å². The molecule has 0 saturated heterocycles. The van der Waals surface area contributed by atoms with Crippen molar-refractivity contribution in [2.45, 2.75) is 6.18 Å². The van der Waals surface area contributed by atoms with Gasteiger partial charge < -0.3 is 5.32 Å². The van der Waals surface area contributed by atoms with Crippen LogP contribution in [-0.4, -0.2) is 11.4 Å². The molecule has 0 aliphatic carbocycles. The summed E-state index contributed by atoms with van der Waals surface area (Å²) in [6.07, 6.45) is -4.56. The summed E-state index contributed by atoms with van der Waals surface area (Å²) in [4.78, 5) is 0. The highest BCUT2D eigenvalue weighted by atomic mass is 32.1.